The van der Waals surface area contributed by atoms with Gasteiger partial charge in [-0.15, -0.1) is 0 Å². The molecule has 0 aliphatic carbocycles. The molecule has 2 aliphatic rings. The lowest BCUT2D eigenvalue weighted by Crippen LogP contribution is -2.43. The van der Waals surface area contributed by atoms with Gasteiger partial charge in [-0.2, -0.15) is 0 Å². The molecule has 0 radical (unpaired) electrons. The number of piperidine rings is 1. The molecular weight excluding hydrogens is 240 g/mol. The van der Waals surface area contributed by atoms with Crippen molar-refractivity contribution in [2.24, 2.45) is 5.92 Å². The largest absolute Gasteiger partial charge is 0.391 e. The molecule has 2 heterocycles. The predicted octanol–water partition coefficient (Wildman–Crippen LogP) is 1.48. The fourth-order valence-electron chi connectivity index (χ4n) is 3.62. The van der Waals surface area contributed by atoms with Crippen LogP contribution in [0.15, 0.2) is 0 Å². The first-order valence-corrected chi connectivity index (χ1v) is 7.55. The minimum atomic E-state index is -0.347. The summed E-state index contributed by atoms with van der Waals surface area (Å²) in [7, 11) is 2.16. The zero-order valence-electron chi connectivity index (χ0n) is 12.6. The van der Waals surface area contributed by atoms with Gasteiger partial charge >= 0.3 is 0 Å². The van der Waals surface area contributed by atoms with Gasteiger partial charge in [0.15, 0.2) is 0 Å². The van der Waals surface area contributed by atoms with E-state index in [0.717, 1.165) is 13.0 Å². The van der Waals surface area contributed by atoms with Crippen LogP contribution in [0.3, 0.4) is 0 Å². The maximum absolute atomic E-state index is 12.3. The molecular formula is C15H28N2O2. The second kappa shape index (κ2) is 5.80. The van der Waals surface area contributed by atoms with Gasteiger partial charge in [-0.1, -0.05) is 0 Å². The Balaban J connectivity index is 1.81. The van der Waals surface area contributed by atoms with Gasteiger partial charge < -0.3 is 14.9 Å². The number of carbonyl (C=O) groups is 1. The molecule has 19 heavy (non-hydrogen) atoms. The summed E-state index contributed by atoms with van der Waals surface area (Å²) in [5.41, 5.74) is -0.181. The van der Waals surface area contributed by atoms with Crippen LogP contribution in [0.5, 0.6) is 0 Å². The molecule has 0 saturated carbocycles. The molecule has 110 valence electrons. The molecule has 2 unspecified atom stereocenters. The van der Waals surface area contributed by atoms with Crippen molar-refractivity contribution in [3.05, 3.63) is 0 Å². The highest BCUT2D eigenvalue weighted by atomic mass is 16.3. The van der Waals surface area contributed by atoms with Gasteiger partial charge in [-0.25, -0.2) is 0 Å². The Bertz CT molecular complexity index is 330. The summed E-state index contributed by atoms with van der Waals surface area (Å²) in [4.78, 5) is 16.6. The Hall–Kier alpha value is -0.610. The molecule has 4 nitrogen and oxygen atoms in total. The summed E-state index contributed by atoms with van der Waals surface area (Å²) in [6.45, 7) is 6.93. The maximum atomic E-state index is 12.3. The van der Waals surface area contributed by atoms with Gasteiger partial charge in [0.05, 0.1) is 6.10 Å². The second-order valence-electron chi connectivity index (χ2n) is 6.98. The number of aliphatic hydroxyl groups excluding tert-OH is 1. The Labute approximate surface area is 116 Å². The molecule has 0 aromatic carbocycles. The van der Waals surface area contributed by atoms with Gasteiger partial charge in [0.25, 0.3) is 0 Å². The van der Waals surface area contributed by atoms with Crippen LogP contribution in [0, 0.1) is 5.92 Å². The molecule has 2 aliphatic heterocycles. The molecule has 0 spiro atoms. The average molecular weight is 268 g/mol. The van der Waals surface area contributed by atoms with Crippen LogP contribution in [0.4, 0.5) is 0 Å². The van der Waals surface area contributed by atoms with Gasteiger partial charge in [0.1, 0.15) is 0 Å². The van der Waals surface area contributed by atoms with Crippen LogP contribution < -0.4 is 0 Å². The Morgan fingerprint density at radius 1 is 1.37 bits per heavy atom. The van der Waals surface area contributed by atoms with Crippen molar-refractivity contribution in [1.29, 1.82) is 0 Å². The summed E-state index contributed by atoms with van der Waals surface area (Å²) in [6.07, 6.45) is 4.48. The third kappa shape index (κ3) is 3.69. The number of β-amino-alcohol motifs (C(OH)–C–C–N with tert-alkyl or cyclic N) is 1. The molecule has 2 rings (SSSR count). The number of amides is 1. The normalized spacial score (nSPS) is 31.7. The van der Waals surface area contributed by atoms with Crippen molar-refractivity contribution < 1.29 is 9.90 Å². The minimum Gasteiger partial charge on any atom is -0.391 e. The SMILES string of the molecule is CN1CCCC(CCC(=O)N2CC(O)CC2(C)C)C1. The van der Waals surface area contributed by atoms with E-state index >= 15 is 0 Å². The van der Waals surface area contributed by atoms with Gasteiger partial charge in [0.2, 0.25) is 5.91 Å². The van der Waals surface area contributed by atoms with Crippen LogP contribution in [0.25, 0.3) is 0 Å². The lowest BCUT2D eigenvalue weighted by atomic mass is 9.93. The first-order valence-electron chi connectivity index (χ1n) is 7.55. The Morgan fingerprint density at radius 2 is 2.11 bits per heavy atom. The molecule has 0 bridgehead atoms. The molecule has 1 N–H and O–H groups in total. The summed E-state index contributed by atoms with van der Waals surface area (Å²) < 4.78 is 0. The monoisotopic (exact) mass is 268 g/mol. The zero-order chi connectivity index (χ0) is 14.0. The molecule has 4 heteroatoms. The lowest BCUT2D eigenvalue weighted by Gasteiger charge is -2.33. The first-order chi connectivity index (χ1) is 8.88. The van der Waals surface area contributed by atoms with Crippen LogP contribution in [-0.2, 0) is 4.79 Å². The zero-order valence-corrected chi connectivity index (χ0v) is 12.6. The highest BCUT2D eigenvalue weighted by Gasteiger charge is 2.40. The third-order valence-corrected chi connectivity index (χ3v) is 4.65. The number of hydrogen-bond acceptors (Lipinski definition) is 3. The number of likely N-dealkylation sites (tertiary alicyclic amines) is 2. The number of nitrogens with zero attached hydrogens (tertiary/aromatic N) is 2. The standard InChI is InChI=1S/C15H28N2O2/c1-15(2)9-13(18)11-17(15)14(19)7-6-12-5-4-8-16(3)10-12/h12-13,18H,4-11H2,1-3H3. The quantitative estimate of drug-likeness (QED) is 0.843. The van der Waals surface area contributed by atoms with Crippen LogP contribution in [-0.4, -0.2) is 59.1 Å². The van der Waals surface area contributed by atoms with Crippen molar-refractivity contribution >= 4 is 5.91 Å². The topological polar surface area (TPSA) is 43.8 Å². The molecule has 0 aromatic rings. The van der Waals surface area contributed by atoms with E-state index in [1.807, 2.05) is 4.90 Å². The van der Waals surface area contributed by atoms with Crippen molar-refractivity contribution in [1.82, 2.24) is 9.80 Å². The Kier molecular flexibility index (Phi) is 4.51. The van der Waals surface area contributed by atoms with Crippen LogP contribution >= 0.6 is 0 Å². The fourth-order valence-corrected chi connectivity index (χ4v) is 3.62. The van der Waals surface area contributed by atoms with Crippen molar-refractivity contribution in [2.75, 3.05) is 26.7 Å². The van der Waals surface area contributed by atoms with Gasteiger partial charge in [-0.05, 0) is 59.0 Å². The number of aliphatic hydroxyl groups is 1. The molecule has 2 saturated heterocycles. The highest BCUT2D eigenvalue weighted by molar-refractivity contribution is 5.77. The molecule has 1 amide bonds. The van der Waals surface area contributed by atoms with E-state index in [2.05, 4.69) is 25.8 Å². The third-order valence-electron chi connectivity index (χ3n) is 4.65. The van der Waals surface area contributed by atoms with Crippen molar-refractivity contribution in [3.63, 3.8) is 0 Å². The fraction of sp³-hybridized carbons (Fsp3) is 0.933. The van der Waals surface area contributed by atoms with E-state index in [1.165, 1.54) is 19.4 Å². The molecule has 2 fully saturated rings. The van der Waals surface area contributed by atoms with E-state index in [-0.39, 0.29) is 17.6 Å². The maximum Gasteiger partial charge on any atom is 0.223 e. The van der Waals surface area contributed by atoms with Gasteiger partial charge in [0, 0.05) is 25.0 Å². The Morgan fingerprint density at radius 3 is 2.68 bits per heavy atom. The van der Waals surface area contributed by atoms with E-state index in [1.54, 1.807) is 0 Å². The number of rotatable bonds is 3. The summed E-state index contributed by atoms with van der Waals surface area (Å²) >= 11 is 0. The minimum absolute atomic E-state index is 0.181. The second-order valence-corrected chi connectivity index (χ2v) is 6.98. The smallest absolute Gasteiger partial charge is 0.223 e. The van der Waals surface area contributed by atoms with E-state index in [4.69, 9.17) is 0 Å². The average Bonchev–Trinajstić information content (AvgIpc) is 2.59. The van der Waals surface area contributed by atoms with Gasteiger partial charge in [-0.3, -0.25) is 4.79 Å². The van der Waals surface area contributed by atoms with Crippen molar-refractivity contribution in [3.8, 4) is 0 Å². The van der Waals surface area contributed by atoms with E-state index < -0.39 is 0 Å². The predicted molar refractivity (Wildman–Crippen MR) is 75.9 cm³/mol. The first kappa shape index (κ1) is 14.8. The summed E-state index contributed by atoms with van der Waals surface area (Å²) in [5.74, 6) is 0.883. The van der Waals surface area contributed by atoms with Crippen molar-refractivity contribution in [2.45, 2.75) is 57.6 Å². The number of hydrogen-bond donors (Lipinski definition) is 1. The lowest BCUT2D eigenvalue weighted by molar-refractivity contribution is -0.135. The molecule has 0 aromatic heterocycles. The summed E-state index contributed by atoms with van der Waals surface area (Å²) in [5, 5.41) is 9.74. The summed E-state index contributed by atoms with van der Waals surface area (Å²) in [6, 6.07) is 0. The van der Waals surface area contributed by atoms with Crippen LogP contribution in [0.2, 0.25) is 0 Å². The number of carbonyl (C=O) groups excluding carboxylic acids is 1. The highest BCUT2D eigenvalue weighted by Crippen LogP contribution is 2.30. The van der Waals surface area contributed by atoms with Crippen LogP contribution in [0.1, 0.15) is 46.0 Å². The van der Waals surface area contributed by atoms with E-state index in [9.17, 15) is 9.90 Å². The van der Waals surface area contributed by atoms with E-state index in [0.29, 0.717) is 25.3 Å². The molecule has 2 atom stereocenters.